The lowest BCUT2D eigenvalue weighted by Crippen LogP contribution is -2.55. The number of hydrogen-bond donors (Lipinski definition) is 2. The summed E-state index contributed by atoms with van der Waals surface area (Å²) in [5, 5.41) is 13.5. The number of benzene rings is 2. The lowest BCUT2D eigenvalue weighted by molar-refractivity contribution is -0.261. The molecule has 4 rings (SSSR count). The second-order valence-electron chi connectivity index (χ2n) is 10.1. The van der Waals surface area contributed by atoms with Gasteiger partial charge in [0, 0.05) is 45.0 Å². The van der Waals surface area contributed by atoms with Gasteiger partial charge in [0.05, 0.1) is 10.6 Å². The fraction of sp³-hybridized carbons (Fsp3) is 0.481. The summed E-state index contributed by atoms with van der Waals surface area (Å²) >= 11 is 6.30. The monoisotopic (exact) mass is 537 g/mol. The largest absolute Gasteiger partial charge is 0.430 e. The average Bonchev–Trinajstić information content (AvgIpc) is 3.57. The number of likely N-dealkylation sites (N-methyl/N-ethyl adjacent to an activating group) is 1. The van der Waals surface area contributed by atoms with E-state index in [2.05, 4.69) is 10.2 Å². The Bertz CT molecular complexity index is 1150. The third kappa shape index (κ3) is 5.16. The molecule has 2 aromatic rings. The van der Waals surface area contributed by atoms with Crippen LogP contribution in [-0.4, -0.2) is 61.7 Å². The first-order valence-corrected chi connectivity index (χ1v) is 12.7. The molecule has 2 fully saturated rings. The van der Waals surface area contributed by atoms with Crippen LogP contribution in [0.2, 0.25) is 5.02 Å². The summed E-state index contributed by atoms with van der Waals surface area (Å²) in [6, 6.07) is 11.9. The minimum absolute atomic E-state index is 0.131. The Hall–Kier alpha value is -2.78. The molecule has 2 atom stereocenters. The molecule has 1 aliphatic carbocycles. The van der Waals surface area contributed by atoms with Crippen molar-refractivity contribution in [2.24, 2.45) is 11.3 Å². The summed E-state index contributed by atoms with van der Waals surface area (Å²) in [5.74, 6) is -1.29. The van der Waals surface area contributed by atoms with Gasteiger partial charge in [0.1, 0.15) is 0 Å². The zero-order chi connectivity index (χ0) is 27.0. The molecule has 1 aliphatic heterocycles. The van der Waals surface area contributed by atoms with Crippen LogP contribution in [0.3, 0.4) is 0 Å². The van der Waals surface area contributed by atoms with Crippen molar-refractivity contribution in [2.75, 3.05) is 38.6 Å². The normalized spacial score (nSPS) is 20.3. The molecule has 1 spiro atoms. The molecule has 1 unspecified atom stereocenters. The van der Waals surface area contributed by atoms with Crippen LogP contribution in [0.15, 0.2) is 48.5 Å². The van der Waals surface area contributed by atoms with Crippen molar-refractivity contribution in [3.8, 4) is 0 Å². The lowest BCUT2D eigenvalue weighted by atomic mass is 9.89. The summed E-state index contributed by atoms with van der Waals surface area (Å²) < 4.78 is 41.5. The summed E-state index contributed by atoms with van der Waals surface area (Å²) in [6.07, 6.45) is -1.73. The van der Waals surface area contributed by atoms with Gasteiger partial charge in [-0.1, -0.05) is 41.9 Å². The number of carbonyl (C=O) groups is 2. The summed E-state index contributed by atoms with van der Waals surface area (Å²) in [4.78, 5) is 27.9. The van der Waals surface area contributed by atoms with E-state index < -0.39 is 23.2 Å². The van der Waals surface area contributed by atoms with Crippen molar-refractivity contribution in [1.29, 1.82) is 0 Å². The minimum Gasteiger partial charge on any atom is -0.371 e. The van der Waals surface area contributed by atoms with Crippen molar-refractivity contribution in [3.63, 3.8) is 0 Å². The van der Waals surface area contributed by atoms with E-state index in [0.717, 1.165) is 55.1 Å². The molecule has 2 aliphatic rings. The number of anilines is 1. The predicted octanol–water partition coefficient (Wildman–Crippen LogP) is 4.60. The molecule has 1 saturated heterocycles. The van der Waals surface area contributed by atoms with E-state index in [1.165, 1.54) is 25.2 Å². The first-order chi connectivity index (χ1) is 17.4. The second kappa shape index (κ2) is 10.2. The first kappa shape index (κ1) is 27.3. The van der Waals surface area contributed by atoms with Crippen molar-refractivity contribution in [2.45, 2.75) is 37.5 Å². The van der Waals surface area contributed by atoms with Gasteiger partial charge < -0.3 is 20.2 Å². The molecule has 0 bridgehead atoms. The number of halogens is 4. The first-order valence-electron chi connectivity index (χ1n) is 12.3. The van der Waals surface area contributed by atoms with Crippen LogP contribution in [0, 0.1) is 11.3 Å². The van der Waals surface area contributed by atoms with Gasteiger partial charge in [0.2, 0.25) is 0 Å². The van der Waals surface area contributed by atoms with Gasteiger partial charge in [-0.15, -0.1) is 0 Å². The number of hydrogen-bond acceptors (Lipinski definition) is 4. The SMILES string of the molecule is CNC(=O)c1ccc(N2CCC3(CC2)CC3CCN(C)C(=O)[C@](O)(c2ccccc2)C(F)(F)F)cc1Cl. The second-order valence-corrected chi connectivity index (χ2v) is 10.5. The molecule has 10 heteroatoms. The molecule has 6 nitrogen and oxygen atoms in total. The summed E-state index contributed by atoms with van der Waals surface area (Å²) in [5.41, 5.74) is -2.57. The van der Waals surface area contributed by atoms with E-state index in [4.69, 9.17) is 11.6 Å². The number of aliphatic hydroxyl groups is 1. The molecule has 2 amide bonds. The Kier molecular flexibility index (Phi) is 7.50. The third-order valence-electron chi connectivity index (χ3n) is 7.98. The fourth-order valence-corrected chi connectivity index (χ4v) is 5.76. The van der Waals surface area contributed by atoms with Gasteiger partial charge >= 0.3 is 6.18 Å². The smallest absolute Gasteiger partial charge is 0.371 e. The zero-order valence-electron chi connectivity index (χ0n) is 20.8. The highest BCUT2D eigenvalue weighted by Crippen LogP contribution is 2.61. The van der Waals surface area contributed by atoms with E-state index in [0.29, 0.717) is 22.9 Å². The number of nitrogens with zero attached hydrogens (tertiary/aromatic N) is 2. The van der Waals surface area contributed by atoms with Gasteiger partial charge in [0.25, 0.3) is 17.4 Å². The standard InChI is InChI=1S/C27H31ClF3N3O3/c1-32-23(35)21-9-8-20(16-22(21)28)34-14-11-25(12-15-34)17-19(25)10-13-33(2)24(36)26(37,27(29,30)31)18-6-4-3-5-7-18/h3-9,16,19,37H,10-15,17H2,1-2H3,(H,32,35)/t19?,26-/m1/s1. The third-order valence-corrected chi connectivity index (χ3v) is 8.29. The highest BCUT2D eigenvalue weighted by Gasteiger charge is 2.62. The van der Waals surface area contributed by atoms with Crippen LogP contribution in [-0.2, 0) is 10.4 Å². The maximum Gasteiger partial charge on any atom is 0.430 e. The predicted molar refractivity (Wildman–Crippen MR) is 135 cm³/mol. The van der Waals surface area contributed by atoms with Crippen molar-refractivity contribution in [1.82, 2.24) is 10.2 Å². The number of rotatable bonds is 7. The van der Waals surface area contributed by atoms with Crippen LogP contribution in [0.25, 0.3) is 0 Å². The van der Waals surface area contributed by atoms with Gasteiger partial charge in [-0.2, -0.15) is 13.2 Å². The minimum atomic E-state index is -5.14. The van der Waals surface area contributed by atoms with E-state index >= 15 is 0 Å². The quantitative estimate of drug-likeness (QED) is 0.541. The lowest BCUT2D eigenvalue weighted by Gasteiger charge is -2.35. The van der Waals surface area contributed by atoms with Crippen LogP contribution in [0.5, 0.6) is 0 Å². The number of piperidine rings is 1. The van der Waals surface area contributed by atoms with Gasteiger partial charge in [0.15, 0.2) is 0 Å². The Morgan fingerprint density at radius 3 is 2.38 bits per heavy atom. The molecule has 200 valence electrons. The Morgan fingerprint density at radius 1 is 1.16 bits per heavy atom. The number of amides is 2. The Labute approximate surface area is 219 Å². The van der Waals surface area contributed by atoms with Gasteiger partial charge in [-0.25, -0.2) is 0 Å². The molecule has 0 aromatic heterocycles. The topological polar surface area (TPSA) is 72.9 Å². The average molecular weight is 538 g/mol. The molecular weight excluding hydrogens is 507 g/mol. The van der Waals surface area contributed by atoms with E-state index in [1.807, 2.05) is 6.07 Å². The van der Waals surface area contributed by atoms with E-state index in [-0.39, 0.29) is 17.9 Å². The van der Waals surface area contributed by atoms with Crippen LogP contribution in [0.4, 0.5) is 18.9 Å². The highest BCUT2D eigenvalue weighted by molar-refractivity contribution is 6.34. The molecular formula is C27H31ClF3N3O3. The van der Waals surface area contributed by atoms with Gasteiger partial charge in [-0.3, -0.25) is 9.59 Å². The Morgan fingerprint density at radius 2 is 1.81 bits per heavy atom. The van der Waals surface area contributed by atoms with Crippen LogP contribution >= 0.6 is 11.6 Å². The zero-order valence-corrected chi connectivity index (χ0v) is 21.6. The van der Waals surface area contributed by atoms with Crippen molar-refractivity contribution >= 4 is 29.1 Å². The van der Waals surface area contributed by atoms with Gasteiger partial charge in [-0.05, 0) is 55.2 Å². The van der Waals surface area contributed by atoms with Crippen molar-refractivity contribution < 1.29 is 27.9 Å². The van der Waals surface area contributed by atoms with E-state index in [9.17, 15) is 27.9 Å². The van der Waals surface area contributed by atoms with E-state index in [1.54, 1.807) is 19.2 Å². The highest BCUT2D eigenvalue weighted by atomic mass is 35.5. The maximum atomic E-state index is 13.8. The molecule has 1 saturated carbocycles. The molecule has 0 radical (unpaired) electrons. The summed E-state index contributed by atoms with van der Waals surface area (Å²) in [6.45, 7) is 1.75. The van der Waals surface area contributed by atoms with Crippen LogP contribution in [0.1, 0.15) is 41.6 Å². The molecule has 2 N–H and O–H groups in total. The number of alkyl halides is 3. The molecule has 1 heterocycles. The van der Waals surface area contributed by atoms with Crippen LogP contribution < -0.4 is 10.2 Å². The molecule has 2 aromatic carbocycles. The molecule has 37 heavy (non-hydrogen) atoms. The summed E-state index contributed by atoms with van der Waals surface area (Å²) in [7, 11) is 2.86. The maximum absolute atomic E-state index is 13.8. The Balaban J connectivity index is 1.33. The number of nitrogens with one attached hydrogen (secondary N) is 1. The number of carbonyl (C=O) groups excluding carboxylic acids is 2. The van der Waals surface area contributed by atoms with Crippen molar-refractivity contribution in [3.05, 3.63) is 64.7 Å². The fourth-order valence-electron chi connectivity index (χ4n) is 5.50.